The highest BCUT2D eigenvalue weighted by Gasteiger charge is 2.23. The molecule has 7 heteroatoms. The third-order valence-electron chi connectivity index (χ3n) is 2.89. The van der Waals surface area contributed by atoms with Gasteiger partial charge < -0.3 is 16.4 Å². The minimum atomic E-state index is -0.966. The summed E-state index contributed by atoms with van der Waals surface area (Å²) >= 11 is 0. The van der Waals surface area contributed by atoms with Crippen LogP contribution in [0.5, 0.6) is 0 Å². The Morgan fingerprint density at radius 2 is 2.00 bits per heavy atom. The van der Waals surface area contributed by atoms with Crippen molar-refractivity contribution in [1.82, 2.24) is 10.6 Å². The summed E-state index contributed by atoms with van der Waals surface area (Å²) in [5.74, 6) is -2.73. The summed E-state index contributed by atoms with van der Waals surface area (Å²) in [6.07, 6.45) is 2.05. The number of hydrogen-bond acceptors (Lipinski definition) is 3. The average molecular weight is 283 g/mol. The molecule has 0 spiro atoms. The van der Waals surface area contributed by atoms with E-state index in [1.807, 2.05) is 0 Å². The molecular weight excluding hydrogens is 268 g/mol. The second-order valence-electron chi connectivity index (χ2n) is 4.70. The van der Waals surface area contributed by atoms with Crippen molar-refractivity contribution >= 4 is 17.5 Å². The van der Waals surface area contributed by atoms with Crippen LogP contribution in [-0.4, -0.2) is 24.4 Å². The Hall–Kier alpha value is -2.18. The number of nitrogens with two attached hydrogens (primary N) is 1. The van der Waals surface area contributed by atoms with E-state index in [0.29, 0.717) is 0 Å². The molecule has 2 amide bonds. The van der Waals surface area contributed by atoms with E-state index < -0.39 is 28.8 Å². The maximum absolute atomic E-state index is 13.6. The number of hydrogen-bond donors (Lipinski definition) is 3. The topological polar surface area (TPSA) is 84.2 Å². The first kappa shape index (κ1) is 14.2. The van der Waals surface area contributed by atoms with E-state index in [9.17, 15) is 18.4 Å². The largest absolute Gasteiger partial charge is 0.396 e. The molecule has 1 saturated carbocycles. The molecule has 0 atom stereocenters. The standard InChI is InChI=1S/C13H15F2N3O2/c14-7-5-9(12(15)10(16)6-7)13(20)17-4-3-11(19)18-8-1-2-8/h5-6,8H,1-4,16H2,(H,17,20)(H,18,19). The predicted molar refractivity (Wildman–Crippen MR) is 68.9 cm³/mol. The van der Waals surface area contributed by atoms with Crippen LogP contribution in [0.4, 0.5) is 14.5 Å². The highest BCUT2D eigenvalue weighted by molar-refractivity contribution is 5.95. The zero-order valence-corrected chi connectivity index (χ0v) is 10.7. The third kappa shape index (κ3) is 3.66. The predicted octanol–water partition coefficient (Wildman–Crippen LogP) is 0.945. The van der Waals surface area contributed by atoms with Crippen molar-refractivity contribution in [2.75, 3.05) is 12.3 Å². The monoisotopic (exact) mass is 283 g/mol. The lowest BCUT2D eigenvalue weighted by Crippen LogP contribution is -2.32. The number of nitrogens with one attached hydrogen (secondary N) is 2. The Balaban J connectivity index is 1.86. The van der Waals surface area contributed by atoms with Gasteiger partial charge in [-0.05, 0) is 25.0 Å². The molecule has 0 aliphatic heterocycles. The smallest absolute Gasteiger partial charge is 0.254 e. The number of halogens is 2. The van der Waals surface area contributed by atoms with Gasteiger partial charge in [-0.3, -0.25) is 9.59 Å². The fraction of sp³-hybridized carbons (Fsp3) is 0.385. The molecule has 4 N–H and O–H groups in total. The third-order valence-corrected chi connectivity index (χ3v) is 2.89. The first-order chi connectivity index (χ1) is 9.47. The second kappa shape index (κ2) is 5.85. The lowest BCUT2D eigenvalue weighted by molar-refractivity contribution is -0.121. The van der Waals surface area contributed by atoms with E-state index in [1.54, 1.807) is 0 Å². The molecule has 108 valence electrons. The van der Waals surface area contributed by atoms with Crippen molar-refractivity contribution in [3.63, 3.8) is 0 Å². The van der Waals surface area contributed by atoms with Crippen LogP contribution < -0.4 is 16.4 Å². The zero-order valence-electron chi connectivity index (χ0n) is 10.7. The molecule has 2 rings (SSSR count). The lowest BCUT2D eigenvalue weighted by atomic mass is 10.1. The first-order valence-electron chi connectivity index (χ1n) is 6.29. The fourth-order valence-corrected chi connectivity index (χ4v) is 1.69. The minimum absolute atomic E-state index is 0.0489. The molecule has 0 bridgehead atoms. The van der Waals surface area contributed by atoms with Gasteiger partial charge in [-0.1, -0.05) is 0 Å². The molecule has 1 fully saturated rings. The zero-order chi connectivity index (χ0) is 14.7. The van der Waals surface area contributed by atoms with Crippen LogP contribution in [0.25, 0.3) is 0 Å². The number of amides is 2. The minimum Gasteiger partial charge on any atom is -0.396 e. The van der Waals surface area contributed by atoms with Gasteiger partial charge >= 0.3 is 0 Å². The summed E-state index contributed by atoms with van der Waals surface area (Å²) in [6, 6.07) is 1.82. The van der Waals surface area contributed by atoms with E-state index in [-0.39, 0.29) is 24.9 Å². The van der Waals surface area contributed by atoms with Gasteiger partial charge in [-0.15, -0.1) is 0 Å². The van der Waals surface area contributed by atoms with Gasteiger partial charge in [0, 0.05) is 19.0 Å². The van der Waals surface area contributed by atoms with Crippen LogP contribution in [0, 0.1) is 11.6 Å². The number of nitrogen functional groups attached to an aromatic ring is 1. The lowest BCUT2D eigenvalue weighted by Gasteiger charge is -2.08. The molecular formula is C13H15F2N3O2. The summed E-state index contributed by atoms with van der Waals surface area (Å²) < 4.78 is 26.6. The van der Waals surface area contributed by atoms with Gasteiger partial charge in [0.25, 0.3) is 5.91 Å². The normalized spacial score (nSPS) is 13.9. The fourth-order valence-electron chi connectivity index (χ4n) is 1.69. The quantitative estimate of drug-likeness (QED) is 0.703. The van der Waals surface area contributed by atoms with E-state index in [0.717, 1.165) is 25.0 Å². The van der Waals surface area contributed by atoms with Crippen LogP contribution in [0.1, 0.15) is 29.6 Å². The van der Waals surface area contributed by atoms with Gasteiger partial charge in [-0.25, -0.2) is 8.78 Å². The van der Waals surface area contributed by atoms with Crippen molar-refractivity contribution in [1.29, 1.82) is 0 Å². The first-order valence-corrected chi connectivity index (χ1v) is 6.29. The summed E-state index contributed by atoms with van der Waals surface area (Å²) in [6.45, 7) is 0.0489. The van der Waals surface area contributed by atoms with E-state index in [1.165, 1.54) is 0 Å². The van der Waals surface area contributed by atoms with Crippen molar-refractivity contribution < 1.29 is 18.4 Å². The molecule has 1 aliphatic rings. The van der Waals surface area contributed by atoms with E-state index in [4.69, 9.17) is 5.73 Å². The maximum Gasteiger partial charge on any atom is 0.254 e. The Bertz CT molecular complexity index is 545. The molecule has 20 heavy (non-hydrogen) atoms. The summed E-state index contributed by atoms with van der Waals surface area (Å²) in [7, 11) is 0. The summed E-state index contributed by atoms with van der Waals surface area (Å²) in [5, 5.41) is 5.11. The Morgan fingerprint density at radius 1 is 1.30 bits per heavy atom. The number of benzene rings is 1. The van der Waals surface area contributed by atoms with Crippen molar-refractivity contribution in [2.45, 2.75) is 25.3 Å². The highest BCUT2D eigenvalue weighted by atomic mass is 19.1. The Morgan fingerprint density at radius 3 is 2.65 bits per heavy atom. The average Bonchev–Trinajstić information content (AvgIpc) is 3.17. The summed E-state index contributed by atoms with van der Waals surface area (Å²) in [4.78, 5) is 23.1. The highest BCUT2D eigenvalue weighted by Crippen LogP contribution is 2.19. The Kier molecular flexibility index (Phi) is 4.16. The molecule has 1 aliphatic carbocycles. The molecule has 1 aromatic carbocycles. The number of anilines is 1. The molecule has 0 aromatic heterocycles. The number of carbonyl (C=O) groups excluding carboxylic acids is 2. The van der Waals surface area contributed by atoms with Crippen molar-refractivity contribution in [3.8, 4) is 0 Å². The summed E-state index contributed by atoms with van der Waals surface area (Å²) in [5.41, 5.74) is 4.34. The van der Waals surface area contributed by atoms with Crippen molar-refractivity contribution in [2.24, 2.45) is 0 Å². The number of rotatable bonds is 5. The van der Waals surface area contributed by atoms with Gasteiger partial charge in [-0.2, -0.15) is 0 Å². The van der Waals surface area contributed by atoms with E-state index in [2.05, 4.69) is 10.6 Å². The van der Waals surface area contributed by atoms with Gasteiger partial charge in [0.2, 0.25) is 5.91 Å². The van der Waals surface area contributed by atoms with Crippen molar-refractivity contribution in [3.05, 3.63) is 29.3 Å². The maximum atomic E-state index is 13.6. The van der Waals surface area contributed by atoms with Crippen LogP contribution >= 0.6 is 0 Å². The van der Waals surface area contributed by atoms with Gasteiger partial charge in [0.05, 0.1) is 11.3 Å². The second-order valence-corrected chi connectivity index (χ2v) is 4.70. The molecule has 0 saturated heterocycles. The molecule has 5 nitrogen and oxygen atoms in total. The number of carbonyl (C=O) groups is 2. The Labute approximate surface area is 114 Å². The van der Waals surface area contributed by atoms with Gasteiger partial charge in [0.15, 0.2) is 5.82 Å². The van der Waals surface area contributed by atoms with Crippen LogP contribution in [0.2, 0.25) is 0 Å². The van der Waals surface area contributed by atoms with Crippen LogP contribution in [-0.2, 0) is 4.79 Å². The van der Waals surface area contributed by atoms with Crippen LogP contribution in [0.3, 0.4) is 0 Å². The molecule has 0 heterocycles. The van der Waals surface area contributed by atoms with E-state index >= 15 is 0 Å². The SMILES string of the molecule is Nc1cc(F)cc(C(=O)NCCC(=O)NC2CC2)c1F. The van der Waals surface area contributed by atoms with Gasteiger partial charge in [0.1, 0.15) is 5.82 Å². The molecule has 0 radical (unpaired) electrons. The van der Waals surface area contributed by atoms with Crippen LogP contribution in [0.15, 0.2) is 12.1 Å². The molecule has 1 aromatic rings. The molecule has 0 unspecified atom stereocenters.